The molecule has 0 bridgehead atoms. The van der Waals surface area contributed by atoms with Gasteiger partial charge in [0.15, 0.2) is 0 Å². The molecular formula is C23H34N4O2. The number of nitrogens with one attached hydrogen (secondary N) is 3. The highest BCUT2D eigenvalue weighted by atomic mass is 16.2. The fourth-order valence-corrected chi connectivity index (χ4v) is 4.95. The Morgan fingerprint density at radius 1 is 0.862 bits per heavy atom. The van der Waals surface area contributed by atoms with E-state index in [9.17, 15) is 9.59 Å². The van der Waals surface area contributed by atoms with E-state index in [2.05, 4.69) is 33.0 Å². The van der Waals surface area contributed by atoms with Crippen LogP contribution in [0.4, 0.5) is 10.5 Å². The zero-order valence-corrected chi connectivity index (χ0v) is 17.3. The number of urea groups is 1. The van der Waals surface area contributed by atoms with Gasteiger partial charge in [-0.25, -0.2) is 4.79 Å². The first kappa shape index (κ1) is 20.2. The molecule has 29 heavy (non-hydrogen) atoms. The van der Waals surface area contributed by atoms with E-state index in [1.54, 1.807) is 0 Å². The van der Waals surface area contributed by atoms with Gasteiger partial charge >= 0.3 is 6.03 Å². The first-order valence-electron chi connectivity index (χ1n) is 11.4. The van der Waals surface area contributed by atoms with Gasteiger partial charge < -0.3 is 16.0 Å². The predicted octanol–water partition coefficient (Wildman–Crippen LogP) is 3.21. The number of hydrogen-bond donors (Lipinski definition) is 3. The number of hydrogen-bond acceptors (Lipinski definition) is 3. The minimum absolute atomic E-state index is 0.0234. The van der Waals surface area contributed by atoms with Crippen LogP contribution >= 0.6 is 0 Å². The monoisotopic (exact) mass is 398 g/mol. The summed E-state index contributed by atoms with van der Waals surface area (Å²) in [6.45, 7) is 2.09. The molecular weight excluding hydrogens is 364 g/mol. The lowest BCUT2D eigenvalue weighted by Crippen LogP contribution is -2.51. The highest BCUT2D eigenvalue weighted by molar-refractivity contribution is 5.92. The van der Waals surface area contributed by atoms with Crippen molar-refractivity contribution in [2.24, 2.45) is 0 Å². The second kappa shape index (κ2) is 9.61. The summed E-state index contributed by atoms with van der Waals surface area (Å²) in [6, 6.07) is 6.81. The molecule has 0 radical (unpaired) electrons. The van der Waals surface area contributed by atoms with E-state index in [0.717, 1.165) is 57.3 Å². The summed E-state index contributed by atoms with van der Waals surface area (Å²) in [5.74, 6) is 0.0457. The second-order valence-corrected chi connectivity index (χ2v) is 8.89. The van der Waals surface area contributed by atoms with Gasteiger partial charge in [0.2, 0.25) is 5.91 Å². The van der Waals surface area contributed by atoms with Gasteiger partial charge in [-0.2, -0.15) is 0 Å². The number of benzene rings is 1. The molecule has 3 N–H and O–H groups in total. The van der Waals surface area contributed by atoms with E-state index in [1.165, 1.54) is 36.8 Å². The molecule has 1 aromatic carbocycles. The number of nitrogens with zero attached hydrogens (tertiary/aromatic N) is 1. The van der Waals surface area contributed by atoms with Crippen molar-refractivity contribution in [1.29, 1.82) is 0 Å². The van der Waals surface area contributed by atoms with E-state index in [-0.39, 0.29) is 18.0 Å². The van der Waals surface area contributed by atoms with Crippen molar-refractivity contribution < 1.29 is 9.59 Å². The number of carbonyl (C=O) groups is 2. The largest absolute Gasteiger partial charge is 0.335 e. The van der Waals surface area contributed by atoms with Crippen molar-refractivity contribution >= 4 is 17.6 Å². The minimum atomic E-state index is -0.0234. The van der Waals surface area contributed by atoms with Crippen LogP contribution in [0.1, 0.15) is 62.5 Å². The number of likely N-dealkylation sites (tertiary alicyclic amines) is 1. The second-order valence-electron chi connectivity index (χ2n) is 8.89. The van der Waals surface area contributed by atoms with Crippen LogP contribution in [0.2, 0.25) is 0 Å². The Morgan fingerprint density at radius 3 is 2.31 bits per heavy atom. The molecule has 1 saturated carbocycles. The standard InChI is InChI=1S/C23H34N4O2/c28-22(24-21-10-9-17-5-4-6-18(17)15-21)16-27-13-11-20(12-14-27)26-23(29)25-19-7-2-1-3-8-19/h9-10,15,19-20H,1-8,11-14,16H2,(H,24,28)(H2,25,26,29). The zero-order valence-electron chi connectivity index (χ0n) is 17.3. The molecule has 158 valence electrons. The van der Waals surface area contributed by atoms with Crippen molar-refractivity contribution in [2.75, 3.05) is 25.0 Å². The van der Waals surface area contributed by atoms with Crippen LogP contribution in [0.5, 0.6) is 0 Å². The molecule has 3 aliphatic rings. The van der Waals surface area contributed by atoms with Crippen LogP contribution in [0, 0.1) is 0 Å². The van der Waals surface area contributed by atoms with Gasteiger partial charge in [0.1, 0.15) is 0 Å². The Hall–Kier alpha value is -2.08. The van der Waals surface area contributed by atoms with Crippen molar-refractivity contribution in [3.8, 4) is 0 Å². The predicted molar refractivity (Wildman–Crippen MR) is 115 cm³/mol. The molecule has 1 aliphatic heterocycles. The SMILES string of the molecule is O=C(CN1CCC(NC(=O)NC2CCCCC2)CC1)Nc1ccc2c(c1)CCC2. The Bertz CT molecular complexity index is 722. The quantitative estimate of drug-likeness (QED) is 0.713. The van der Waals surface area contributed by atoms with E-state index in [0.29, 0.717) is 12.6 Å². The lowest BCUT2D eigenvalue weighted by molar-refractivity contribution is -0.117. The Morgan fingerprint density at radius 2 is 1.55 bits per heavy atom. The molecule has 3 amide bonds. The van der Waals surface area contributed by atoms with Crippen LogP contribution in [0.15, 0.2) is 18.2 Å². The lowest BCUT2D eigenvalue weighted by Gasteiger charge is -2.32. The first-order valence-corrected chi connectivity index (χ1v) is 11.4. The number of fused-ring (bicyclic) bond motifs is 1. The maximum atomic E-state index is 12.4. The summed E-state index contributed by atoms with van der Waals surface area (Å²) < 4.78 is 0. The molecule has 6 heteroatoms. The molecule has 4 rings (SSSR count). The summed E-state index contributed by atoms with van der Waals surface area (Å²) in [6.07, 6.45) is 11.2. The van der Waals surface area contributed by atoms with Crippen LogP contribution in [-0.4, -0.2) is 48.6 Å². The van der Waals surface area contributed by atoms with E-state index in [1.807, 2.05) is 6.07 Å². The average molecular weight is 399 g/mol. The summed E-state index contributed by atoms with van der Waals surface area (Å²) in [7, 11) is 0. The molecule has 1 saturated heterocycles. The molecule has 6 nitrogen and oxygen atoms in total. The van der Waals surface area contributed by atoms with Gasteiger partial charge in [0.25, 0.3) is 0 Å². The molecule has 0 aromatic heterocycles. The summed E-state index contributed by atoms with van der Waals surface area (Å²) in [5.41, 5.74) is 3.71. The third-order valence-corrected chi connectivity index (χ3v) is 6.61. The Kier molecular flexibility index (Phi) is 6.70. The maximum Gasteiger partial charge on any atom is 0.315 e. The Balaban J connectivity index is 1.16. The van der Waals surface area contributed by atoms with Crippen LogP contribution < -0.4 is 16.0 Å². The highest BCUT2D eigenvalue weighted by Crippen LogP contribution is 2.25. The van der Waals surface area contributed by atoms with Gasteiger partial charge in [0, 0.05) is 30.9 Å². The summed E-state index contributed by atoms with van der Waals surface area (Å²) in [4.78, 5) is 26.8. The maximum absolute atomic E-state index is 12.4. The molecule has 1 aromatic rings. The average Bonchev–Trinajstić information content (AvgIpc) is 3.18. The van der Waals surface area contributed by atoms with Crippen LogP contribution in [-0.2, 0) is 17.6 Å². The van der Waals surface area contributed by atoms with Gasteiger partial charge in [-0.05, 0) is 68.2 Å². The van der Waals surface area contributed by atoms with Gasteiger partial charge in [-0.3, -0.25) is 9.69 Å². The zero-order chi connectivity index (χ0) is 20.1. The molecule has 2 aliphatic carbocycles. The Labute approximate surface area is 173 Å². The number of carbonyl (C=O) groups excluding carboxylic acids is 2. The molecule has 2 fully saturated rings. The molecule has 0 spiro atoms. The third-order valence-electron chi connectivity index (χ3n) is 6.61. The first-order chi connectivity index (χ1) is 14.2. The van der Waals surface area contributed by atoms with Crippen molar-refractivity contribution in [3.05, 3.63) is 29.3 Å². The van der Waals surface area contributed by atoms with Crippen LogP contribution in [0.3, 0.4) is 0 Å². The molecule has 1 heterocycles. The molecule has 0 atom stereocenters. The van der Waals surface area contributed by atoms with Crippen molar-refractivity contribution in [1.82, 2.24) is 15.5 Å². The van der Waals surface area contributed by atoms with E-state index >= 15 is 0 Å². The fourth-order valence-electron chi connectivity index (χ4n) is 4.95. The van der Waals surface area contributed by atoms with E-state index in [4.69, 9.17) is 0 Å². The number of rotatable bonds is 5. The smallest absolute Gasteiger partial charge is 0.315 e. The number of aryl methyl sites for hydroxylation is 2. The van der Waals surface area contributed by atoms with Gasteiger partial charge in [-0.1, -0.05) is 25.3 Å². The number of anilines is 1. The minimum Gasteiger partial charge on any atom is -0.335 e. The number of amides is 3. The van der Waals surface area contributed by atoms with Crippen molar-refractivity contribution in [2.45, 2.75) is 76.3 Å². The van der Waals surface area contributed by atoms with Crippen molar-refractivity contribution in [3.63, 3.8) is 0 Å². The van der Waals surface area contributed by atoms with Gasteiger partial charge in [-0.15, -0.1) is 0 Å². The number of piperidine rings is 1. The normalized spacial score (nSPS) is 20.8. The van der Waals surface area contributed by atoms with Gasteiger partial charge in [0.05, 0.1) is 6.54 Å². The highest BCUT2D eigenvalue weighted by Gasteiger charge is 2.23. The van der Waals surface area contributed by atoms with Crippen LogP contribution in [0.25, 0.3) is 0 Å². The fraction of sp³-hybridized carbons (Fsp3) is 0.652. The lowest BCUT2D eigenvalue weighted by atomic mass is 9.96. The topological polar surface area (TPSA) is 73.5 Å². The third kappa shape index (κ3) is 5.72. The molecule has 0 unspecified atom stereocenters. The summed E-state index contributed by atoms with van der Waals surface area (Å²) >= 11 is 0. The summed E-state index contributed by atoms with van der Waals surface area (Å²) in [5, 5.41) is 9.30. The van der Waals surface area contributed by atoms with E-state index < -0.39 is 0 Å².